The summed E-state index contributed by atoms with van der Waals surface area (Å²) in [6.07, 6.45) is 0.236. The van der Waals surface area contributed by atoms with E-state index < -0.39 is 0 Å². The Bertz CT molecular complexity index is 600. The third-order valence-electron chi connectivity index (χ3n) is 2.56. The van der Waals surface area contributed by atoms with E-state index in [1.165, 1.54) is 18.4 Å². The Morgan fingerprint density at radius 3 is 2.78 bits per heavy atom. The highest BCUT2D eigenvalue weighted by Crippen LogP contribution is 2.29. The summed E-state index contributed by atoms with van der Waals surface area (Å²) in [5, 5.41) is 10.3. The van der Waals surface area contributed by atoms with Crippen molar-refractivity contribution in [3.05, 3.63) is 29.1 Å². The molecule has 1 aromatic heterocycles. The number of ketones is 1. The molecule has 4 nitrogen and oxygen atoms in total. The van der Waals surface area contributed by atoms with Crippen LogP contribution in [0.2, 0.25) is 0 Å². The fraction of sp³-hybridized carbons (Fsp3) is 0.231. The highest BCUT2D eigenvalue weighted by Gasteiger charge is 2.12. The van der Waals surface area contributed by atoms with Crippen molar-refractivity contribution in [2.45, 2.75) is 12.8 Å². The van der Waals surface area contributed by atoms with Crippen molar-refractivity contribution in [2.24, 2.45) is 0 Å². The predicted molar refractivity (Wildman–Crippen MR) is 69.1 cm³/mol. The van der Waals surface area contributed by atoms with Crippen LogP contribution < -0.4 is 0 Å². The summed E-state index contributed by atoms with van der Waals surface area (Å²) in [5.41, 5.74) is 0. The molecule has 2 rings (SSSR count). The molecule has 0 spiro atoms. The van der Waals surface area contributed by atoms with Crippen molar-refractivity contribution >= 4 is 33.2 Å². The van der Waals surface area contributed by atoms with Gasteiger partial charge in [-0.3, -0.25) is 9.59 Å². The van der Waals surface area contributed by atoms with Crippen molar-refractivity contribution < 1.29 is 19.4 Å². The number of phenolic OH excluding ortho intramolecular Hbond substituents is 1. The smallest absolute Gasteiger partial charge is 0.305 e. The molecule has 0 saturated heterocycles. The van der Waals surface area contributed by atoms with Crippen molar-refractivity contribution in [3.63, 3.8) is 0 Å². The van der Waals surface area contributed by atoms with E-state index in [1.807, 2.05) is 0 Å². The zero-order valence-electron chi connectivity index (χ0n) is 9.80. The molecule has 0 fully saturated rings. The van der Waals surface area contributed by atoms with Crippen LogP contribution in [0.1, 0.15) is 22.5 Å². The molecule has 0 bridgehead atoms. The summed E-state index contributed by atoms with van der Waals surface area (Å²) < 4.78 is 5.35. The summed E-state index contributed by atoms with van der Waals surface area (Å²) in [5.74, 6) is -0.291. The Kier molecular flexibility index (Phi) is 3.62. The molecule has 0 atom stereocenters. The number of carbonyl (C=O) groups is 2. The second kappa shape index (κ2) is 5.18. The Labute approximate surface area is 108 Å². The van der Waals surface area contributed by atoms with E-state index in [0.29, 0.717) is 4.88 Å². The number of ether oxygens (including phenoxy) is 1. The van der Waals surface area contributed by atoms with E-state index in [9.17, 15) is 14.7 Å². The Hall–Kier alpha value is -1.88. The minimum Gasteiger partial charge on any atom is -0.508 e. The molecule has 0 amide bonds. The van der Waals surface area contributed by atoms with Gasteiger partial charge in [-0.2, -0.15) is 0 Å². The fourth-order valence-electron chi connectivity index (χ4n) is 1.60. The number of hydrogen-bond acceptors (Lipinski definition) is 5. The van der Waals surface area contributed by atoms with Gasteiger partial charge in [0.25, 0.3) is 0 Å². The van der Waals surface area contributed by atoms with Crippen LogP contribution in [0.4, 0.5) is 0 Å². The van der Waals surface area contributed by atoms with Gasteiger partial charge in [0.05, 0.1) is 18.4 Å². The molecule has 0 aliphatic heterocycles. The number of methoxy groups -OCH3 is 1. The zero-order chi connectivity index (χ0) is 13.1. The number of hydrogen-bond donors (Lipinski definition) is 1. The summed E-state index contributed by atoms with van der Waals surface area (Å²) >= 11 is 1.32. The van der Waals surface area contributed by atoms with E-state index >= 15 is 0 Å². The highest BCUT2D eigenvalue weighted by atomic mass is 32.1. The maximum absolute atomic E-state index is 11.9. The molecule has 1 heterocycles. The number of carbonyl (C=O) groups excluding carboxylic acids is 2. The molecule has 2 aromatic rings. The molecule has 5 heteroatoms. The predicted octanol–water partition coefficient (Wildman–Crippen LogP) is 2.74. The maximum atomic E-state index is 11.9. The summed E-state index contributed by atoms with van der Waals surface area (Å²) in [7, 11) is 1.30. The first-order valence-electron chi connectivity index (χ1n) is 5.42. The van der Waals surface area contributed by atoms with Crippen LogP contribution in [0.3, 0.4) is 0 Å². The SMILES string of the molecule is COC(=O)CCC(=O)c1cc2ccc(O)cc2s1. The van der Waals surface area contributed by atoms with Crippen molar-refractivity contribution in [1.82, 2.24) is 0 Å². The maximum Gasteiger partial charge on any atom is 0.305 e. The van der Waals surface area contributed by atoms with Crippen LogP contribution in [0.5, 0.6) is 5.75 Å². The topological polar surface area (TPSA) is 63.6 Å². The van der Waals surface area contributed by atoms with Gasteiger partial charge in [-0.15, -0.1) is 11.3 Å². The average molecular weight is 264 g/mol. The molecular formula is C13H12O4S. The van der Waals surface area contributed by atoms with E-state index in [2.05, 4.69) is 4.74 Å². The van der Waals surface area contributed by atoms with E-state index in [-0.39, 0.29) is 30.3 Å². The normalized spacial score (nSPS) is 10.5. The molecule has 0 radical (unpaired) electrons. The zero-order valence-corrected chi connectivity index (χ0v) is 10.6. The number of esters is 1. The third kappa shape index (κ3) is 2.68. The van der Waals surface area contributed by atoms with Gasteiger partial charge in [-0.25, -0.2) is 0 Å². The first-order chi connectivity index (χ1) is 8.60. The molecule has 18 heavy (non-hydrogen) atoms. The number of aromatic hydroxyl groups is 1. The number of Topliss-reactive ketones (excluding diaryl/α,β-unsaturated/α-hetero) is 1. The van der Waals surface area contributed by atoms with Gasteiger partial charge >= 0.3 is 5.97 Å². The van der Waals surface area contributed by atoms with Crippen LogP contribution in [0.25, 0.3) is 10.1 Å². The van der Waals surface area contributed by atoms with Crippen LogP contribution in [0, 0.1) is 0 Å². The second-order valence-corrected chi connectivity index (χ2v) is 4.92. The first kappa shape index (κ1) is 12.6. The summed E-state index contributed by atoms with van der Waals surface area (Å²) in [6.45, 7) is 0. The summed E-state index contributed by atoms with van der Waals surface area (Å²) in [4.78, 5) is 23.4. The standard InChI is InChI=1S/C13H12O4S/c1-17-13(16)5-4-10(15)12-6-8-2-3-9(14)7-11(8)18-12/h2-3,6-7,14H,4-5H2,1H3. The number of phenols is 1. The molecule has 0 aliphatic rings. The van der Waals surface area contributed by atoms with Gasteiger partial charge in [0.15, 0.2) is 5.78 Å². The van der Waals surface area contributed by atoms with Crippen molar-refractivity contribution in [1.29, 1.82) is 0 Å². The van der Waals surface area contributed by atoms with Crippen LogP contribution in [-0.4, -0.2) is 24.0 Å². The lowest BCUT2D eigenvalue weighted by Crippen LogP contribution is -2.04. The first-order valence-corrected chi connectivity index (χ1v) is 6.24. The van der Waals surface area contributed by atoms with Gasteiger partial charge in [0.2, 0.25) is 0 Å². The van der Waals surface area contributed by atoms with Gasteiger partial charge in [-0.05, 0) is 29.7 Å². The quantitative estimate of drug-likeness (QED) is 0.681. The number of thiophene rings is 1. The van der Waals surface area contributed by atoms with Crippen LogP contribution >= 0.6 is 11.3 Å². The molecule has 0 aliphatic carbocycles. The van der Waals surface area contributed by atoms with Crippen molar-refractivity contribution in [3.8, 4) is 5.75 Å². The lowest BCUT2D eigenvalue weighted by atomic mass is 10.1. The van der Waals surface area contributed by atoms with E-state index in [4.69, 9.17) is 0 Å². The molecule has 1 aromatic carbocycles. The largest absolute Gasteiger partial charge is 0.508 e. The number of benzene rings is 1. The lowest BCUT2D eigenvalue weighted by Gasteiger charge is -1.96. The van der Waals surface area contributed by atoms with E-state index in [1.54, 1.807) is 24.3 Å². The van der Waals surface area contributed by atoms with Gasteiger partial charge in [0.1, 0.15) is 5.75 Å². The molecule has 94 valence electrons. The van der Waals surface area contributed by atoms with E-state index in [0.717, 1.165) is 10.1 Å². The molecule has 1 N–H and O–H groups in total. The molecule has 0 unspecified atom stereocenters. The summed E-state index contributed by atoms with van der Waals surface area (Å²) in [6, 6.07) is 6.74. The third-order valence-corrected chi connectivity index (χ3v) is 3.70. The fourth-order valence-corrected chi connectivity index (χ4v) is 2.66. The van der Waals surface area contributed by atoms with Crippen LogP contribution in [-0.2, 0) is 9.53 Å². The minimum atomic E-state index is -0.387. The molecular weight excluding hydrogens is 252 g/mol. The minimum absolute atomic E-state index is 0.0823. The Morgan fingerprint density at radius 2 is 2.06 bits per heavy atom. The second-order valence-electron chi connectivity index (χ2n) is 3.83. The average Bonchev–Trinajstić information content (AvgIpc) is 2.78. The number of rotatable bonds is 4. The Balaban J connectivity index is 2.15. The lowest BCUT2D eigenvalue weighted by molar-refractivity contribution is -0.140. The molecule has 0 saturated carbocycles. The highest BCUT2D eigenvalue weighted by molar-refractivity contribution is 7.20. The Morgan fingerprint density at radius 1 is 1.28 bits per heavy atom. The van der Waals surface area contributed by atoms with Crippen molar-refractivity contribution in [2.75, 3.05) is 7.11 Å². The van der Waals surface area contributed by atoms with Gasteiger partial charge in [0, 0.05) is 11.1 Å². The van der Waals surface area contributed by atoms with Crippen LogP contribution in [0.15, 0.2) is 24.3 Å². The number of fused-ring (bicyclic) bond motifs is 1. The van der Waals surface area contributed by atoms with Gasteiger partial charge in [-0.1, -0.05) is 0 Å². The monoisotopic (exact) mass is 264 g/mol. The van der Waals surface area contributed by atoms with Gasteiger partial charge < -0.3 is 9.84 Å².